The van der Waals surface area contributed by atoms with E-state index in [-0.39, 0.29) is 11.7 Å². The Hall–Kier alpha value is -2.78. The van der Waals surface area contributed by atoms with Crippen LogP contribution in [0, 0.1) is 0 Å². The van der Waals surface area contributed by atoms with E-state index in [1.165, 1.54) is 22.7 Å². The maximum Gasteiger partial charge on any atom is 0.414 e. The number of hydrogen-bond donors (Lipinski definition) is 2. The Kier molecular flexibility index (Phi) is 4.87. The third-order valence-corrected chi connectivity index (χ3v) is 6.03. The van der Waals surface area contributed by atoms with Crippen LogP contribution >= 0.6 is 22.7 Å². The number of thiophene rings is 1. The van der Waals surface area contributed by atoms with E-state index < -0.39 is 17.9 Å². The molecule has 9 heteroatoms. The summed E-state index contributed by atoms with van der Waals surface area (Å²) >= 11 is 2.47. The van der Waals surface area contributed by atoms with Crippen molar-refractivity contribution in [2.75, 3.05) is 5.32 Å². The number of imide groups is 1. The Morgan fingerprint density at radius 1 is 1.11 bits per heavy atom. The lowest BCUT2D eigenvalue weighted by atomic mass is 9.96. The molecule has 1 saturated carbocycles. The van der Waals surface area contributed by atoms with Crippen LogP contribution < -0.4 is 10.6 Å². The first kappa shape index (κ1) is 17.6. The lowest BCUT2D eigenvalue weighted by Crippen LogP contribution is -2.36. The fraction of sp³-hybridized carbons (Fsp3) is 0.222. The molecule has 0 aliphatic heterocycles. The molecule has 4 rings (SSSR count). The summed E-state index contributed by atoms with van der Waals surface area (Å²) in [7, 11) is 0. The fourth-order valence-corrected chi connectivity index (χ4v) is 4.18. The SMILES string of the molecule is O=C(NC(=O)c1ccsc1NC(=O)c1nc2ccccc2s1)OC1CCC1. The van der Waals surface area contributed by atoms with E-state index in [1.807, 2.05) is 24.3 Å². The largest absolute Gasteiger partial charge is 0.446 e. The summed E-state index contributed by atoms with van der Waals surface area (Å²) in [6.07, 6.45) is 1.80. The van der Waals surface area contributed by atoms with Gasteiger partial charge in [0, 0.05) is 0 Å². The van der Waals surface area contributed by atoms with Crippen molar-refractivity contribution < 1.29 is 19.1 Å². The van der Waals surface area contributed by atoms with Gasteiger partial charge in [0.15, 0.2) is 5.01 Å². The Morgan fingerprint density at radius 3 is 2.67 bits per heavy atom. The molecule has 27 heavy (non-hydrogen) atoms. The maximum atomic E-state index is 12.5. The number of anilines is 1. The lowest BCUT2D eigenvalue weighted by Gasteiger charge is -2.24. The molecule has 1 fully saturated rings. The number of thiazole rings is 1. The van der Waals surface area contributed by atoms with Crippen molar-refractivity contribution in [2.24, 2.45) is 0 Å². The summed E-state index contributed by atoms with van der Waals surface area (Å²) in [5, 5.41) is 7.23. The first-order valence-corrected chi connectivity index (χ1v) is 10.1. The van der Waals surface area contributed by atoms with Crippen LogP contribution in [0.25, 0.3) is 10.2 Å². The van der Waals surface area contributed by atoms with Gasteiger partial charge < -0.3 is 10.1 Å². The van der Waals surface area contributed by atoms with Gasteiger partial charge in [-0.05, 0) is 42.8 Å². The number of alkyl carbamates (subject to hydrolysis) is 1. The Balaban J connectivity index is 1.43. The molecule has 0 bridgehead atoms. The molecule has 138 valence electrons. The molecule has 2 aromatic heterocycles. The van der Waals surface area contributed by atoms with Crippen LogP contribution in [-0.4, -0.2) is 29.0 Å². The standard InChI is InChI=1S/C18H15N3O4S2/c22-14(21-18(24)25-10-4-3-5-10)11-8-9-26-16(11)20-15(23)17-19-12-6-1-2-7-13(12)27-17/h1-2,6-10H,3-5H2,(H,20,23)(H,21,22,24). The van der Waals surface area contributed by atoms with Gasteiger partial charge in [-0.15, -0.1) is 22.7 Å². The normalized spacial score (nSPS) is 13.8. The maximum absolute atomic E-state index is 12.5. The van der Waals surface area contributed by atoms with E-state index in [0.717, 1.165) is 29.5 Å². The lowest BCUT2D eigenvalue weighted by molar-refractivity contribution is 0.0507. The van der Waals surface area contributed by atoms with Crippen molar-refractivity contribution in [1.82, 2.24) is 10.3 Å². The molecule has 0 spiro atoms. The zero-order valence-corrected chi connectivity index (χ0v) is 15.7. The topological polar surface area (TPSA) is 97.4 Å². The van der Waals surface area contributed by atoms with E-state index in [2.05, 4.69) is 15.6 Å². The highest BCUT2D eigenvalue weighted by molar-refractivity contribution is 7.20. The average Bonchev–Trinajstić information content (AvgIpc) is 3.24. The number of para-hydroxylation sites is 1. The first-order valence-electron chi connectivity index (χ1n) is 8.36. The Bertz CT molecular complexity index is 989. The molecule has 2 heterocycles. The monoisotopic (exact) mass is 401 g/mol. The van der Waals surface area contributed by atoms with E-state index in [9.17, 15) is 14.4 Å². The van der Waals surface area contributed by atoms with Crippen LogP contribution in [0.15, 0.2) is 35.7 Å². The summed E-state index contributed by atoms with van der Waals surface area (Å²) in [6, 6.07) is 9.01. The highest BCUT2D eigenvalue weighted by atomic mass is 32.1. The number of ether oxygens (including phenoxy) is 1. The van der Waals surface area contributed by atoms with Crippen LogP contribution in [0.5, 0.6) is 0 Å². The summed E-state index contributed by atoms with van der Waals surface area (Å²) < 4.78 is 6.02. The van der Waals surface area contributed by atoms with Crippen molar-refractivity contribution in [2.45, 2.75) is 25.4 Å². The van der Waals surface area contributed by atoms with Crippen LogP contribution in [-0.2, 0) is 4.74 Å². The summed E-state index contributed by atoms with van der Waals surface area (Å²) in [4.78, 5) is 40.9. The van der Waals surface area contributed by atoms with E-state index in [0.29, 0.717) is 10.0 Å². The second kappa shape index (κ2) is 7.45. The van der Waals surface area contributed by atoms with E-state index >= 15 is 0 Å². The van der Waals surface area contributed by atoms with Crippen LogP contribution in [0.4, 0.5) is 9.80 Å². The molecule has 0 atom stereocenters. The van der Waals surface area contributed by atoms with Crippen molar-refractivity contribution in [1.29, 1.82) is 0 Å². The third kappa shape index (κ3) is 3.83. The third-order valence-electron chi connectivity index (χ3n) is 4.17. The number of nitrogens with zero attached hydrogens (tertiary/aromatic N) is 1. The van der Waals surface area contributed by atoms with Gasteiger partial charge in [-0.25, -0.2) is 9.78 Å². The summed E-state index contributed by atoms with van der Waals surface area (Å²) in [5.41, 5.74) is 0.954. The van der Waals surface area contributed by atoms with Crippen molar-refractivity contribution >= 4 is 55.8 Å². The van der Waals surface area contributed by atoms with Crippen LogP contribution in [0.2, 0.25) is 0 Å². The highest BCUT2D eigenvalue weighted by Crippen LogP contribution is 2.27. The first-order chi connectivity index (χ1) is 13.1. The summed E-state index contributed by atoms with van der Waals surface area (Å²) in [5.74, 6) is -1.01. The van der Waals surface area contributed by atoms with Gasteiger partial charge in [-0.1, -0.05) is 12.1 Å². The van der Waals surface area contributed by atoms with Gasteiger partial charge in [0.2, 0.25) is 0 Å². The van der Waals surface area contributed by atoms with Gasteiger partial charge in [0.1, 0.15) is 11.1 Å². The Labute approximate surface area is 162 Å². The molecule has 3 aromatic rings. The highest BCUT2D eigenvalue weighted by Gasteiger charge is 2.24. The van der Waals surface area contributed by atoms with E-state index in [1.54, 1.807) is 11.4 Å². The predicted molar refractivity (Wildman–Crippen MR) is 103 cm³/mol. The van der Waals surface area contributed by atoms with Gasteiger partial charge in [0.05, 0.1) is 15.8 Å². The molecular weight excluding hydrogens is 386 g/mol. The second-order valence-electron chi connectivity index (χ2n) is 6.02. The number of carbonyl (C=O) groups is 3. The number of nitrogens with one attached hydrogen (secondary N) is 2. The minimum Gasteiger partial charge on any atom is -0.446 e. The number of aromatic nitrogens is 1. The smallest absolute Gasteiger partial charge is 0.414 e. The molecule has 2 N–H and O–H groups in total. The summed E-state index contributed by atoms with van der Waals surface area (Å²) in [6.45, 7) is 0. The molecule has 1 aromatic carbocycles. The fourth-order valence-electron chi connectivity index (χ4n) is 2.54. The number of benzene rings is 1. The second-order valence-corrected chi connectivity index (χ2v) is 7.96. The number of fused-ring (bicyclic) bond motifs is 1. The van der Waals surface area contributed by atoms with Crippen molar-refractivity contribution in [3.05, 3.63) is 46.3 Å². The molecular formula is C18H15N3O4S2. The van der Waals surface area contributed by atoms with Gasteiger partial charge >= 0.3 is 6.09 Å². The van der Waals surface area contributed by atoms with Gasteiger partial charge in [-0.2, -0.15) is 0 Å². The number of rotatable bonds is 4. The zero-order valence-electron chi connectivity index (χ0n) is 14.1. The van der Waals surface area contributed by atoms with Crippen LogP contribution in [0.1, 0.15) is 39.4 Å². The number of hydrogen-bond acceptors (Lipinski definition) is 7. The average molecular weight is 401 g/mol. The minimum absolute atomic E-state index is 0.113. The predicted octanol–water partition coefficient (Wildman–Crippen LogP) is 4.03. The van der Waals surface area contributed by atoms with Gasteiger partial charge in [0.25, 0.3) is 11.8 Å². The van der Waals surface area contributed by atoms with E-state index in [4.69, 9.17) is 4.74 Å². The Morgan fingerprint density at radius 2 is 1.93 bits per heavy atom. The molecule has 0 unspecified atom stereocenters. The molecule has 1 aliphatic carbocycles. The van der Waals surface area contributed by atoms with Gasteiger partial charge in [-0.3, -0.25) is 14.9 Å². The molecule has 0 radical (unpaired) electrons. The quantitative estimate of drug-likeness (QED) is 0.688. The molecule has 7 nitrogen and oxygen atoms in total. The number of amides is 3. The zero-order chi connectivity index (χ0) is 18.8. The molecule has 1 aliphatic rings. The minimum atomic E-state index is -0.764. The van der Waals surface area contributed by atoms with Crippen molar-refractivity contribution in [3.8, 4) is 0 Å². The molecule has 0 saturated heterocycles. The molecule has 3 amide bonds. The van der Waals surface area contributed by atoms with Crippen molar-refractivity contribution in [3.63, 3.8) is 0 Å². The van der Waals surface area contributed by atoms with Crippen LogP contribution in [0.3, 0.4) is 0 Å². The number of carbonyl (C=O) groups excluding carboxylic acids is 3.